The molecule has 0 bridgehead atoms. The van der Waals surface area contributed by atoms with Crippen molar-refractivity contribution in [2.24, 2.45) is 0 Å². The molecule has 0 aliphatic carbocycles. The molecule has 1 aliphatic rings. The summed E-state index contributed by atoms with van der Waals surface area (Å²) in [5.41, 5.74) is 4.14. The molecular weight excluding hydrogens is 504 g/mol. The molecule has 1 aliphatic heterocycles. The van der Waals surface area contributed by atoms with Crippen LogP contribution >= 0.6 is 0 Å². The Hall–Kier alpha value is -5.49. The van der Waals surface area contributed by atoms with Gasteiger partial charge in [-0.2, -0.15) is 10.2 Å². The summed E-state index contributed by atoms with van der Waals surface area (Å²) in [5, 5.41) is 13.7. The van der Waals surface area contributed by atoms with Crippen molar-refractivity contribution in [2.45, 2.75) is 13.5 Å². The van der Waals surface area contributed by atoms with Crippen molar-refractivity contribution in [3.8, 4) is 17.8 Å². The number of ether oxygens (including phenoxy) is 1. The second kappa shape index (κ2) is 10.3. The Morgan fingerprint density at radius 3 is 2.40 bits per heavy atom. The van der Waals surface area contributed by atoms with Gasteiger partial charge in [0, 0.05) is 17.6 Å². The van der Waals surface area contributed by atoms with Crippen molar-refractivity contribution >= 4 is 28.5 Å². The van der Waals surface area contributed by atoms with Gasteiger partial charge >= 0.3 is 0 Å². The van der Waals surface area contributed by atoms with E-state index in [1.807, 2.05) is 60.0 Å². The van der Waals surface area contributed by atoms with Crippen LogP contribution in [0, 0.1) is 18.3 Å². The number of anilines is 1. The number of aryl methyl sites for hydroxylation is 1. The van der Waals surface area contributed by atoms with Crippen LogP contribution in [0.2, 0.25) is 0 Å². The Balaban J connectivity index is 1.28. The summed E-state index contributed by atoms with van der Waals surface area (Å²) in [6.07, 6.45) is 1.58. The molecule has 0 spiro atoms. The van der Waals surface area contributed by atoms with Gasteiger partial charge in [-0.3, -0.25) is 19.1 Å². The molecule has 0 saturated carbocycles. The Labute approximate surface area is 230 Å². The molecule has 6 rings (SSSR count). The van der Waals surface area contributed by atoms with E-state index in [2.05, 4.69) is 16.4 Å². The highest BCUT2D eigenvalue weighted by Gasteiger charge is 2.34. The van der Waals surface area contributed by atoms with Crippen LogP contribution in [-0.4, -0.2) is 44.4 Å². The quantitative estimate of drug-likeness (QED) is 0.285. The number of nitriles is 1. The lowest BCUT2D eigenvalue weighted by atomic mass is 10.1. The number of carbonyl (C=O) groups excluding carboxylic acids is 2. The largest absolute Gasteiger partial charge is 0.486 e. The number of hydrogen-bond acceptors (Lipinski definition) is 7. The van der Waals surface area contributed by atoms with E-state index in [4.69, 9.17) is 9.72 Å². The highest BCUT2D eigenvalue weighted by molar-refractivity contribution is 6.21. The van der Waals surface area contributed by atoms with Gasteiger partial charge in [0.15, 0.2) is 11.6 Å². The molecular formula is C31H24N6O3. The second-order valence-corrected chi connectivity index (χ2v) is 9.35. The van der Waals surface area contributed by atoms with Gasteiger partial charge in [-0.1, -0.05) is 48.5 Å². The molecule has 40 heavy (non-hydrogen) atoms. The molecule has 1 N–H and O–H groups in total. The minimum atomic E-state index is -0.329. The van der Waals surface area contributed by atoms with Crippen LogP contribution in [0.15, 0.2) is 85.1 Å². The van der Waals surface area contributed by atoms with Gasteiger partial charge in [0.25, 0.3) is 11.8 Å². The minimum Gasteiger partial charge on any atom is -0.486 e. The molecule has 2 amide bonds. The molecule has 9 heteroatoms. The highest BCUT2D eigenvalue weighted by atomic mass is 16.5. The fraction of sp³-hybridized carbons (Fsp3) is 0.129. The van der Waals surface area contributed by atoms with Crippen LogP contribution in [0.25, 0.3) is 16.9 Å². The average Bonchev–Trinajstić information content (AvgIpc) is 3.45. The van der Waals surface area contributed by atoms with E-state index < -0.39 is 0 Å². The maximum Gasteiger partial charge on any atom is 0.261 e. The number of imide groups is 1. The van der Waals surface area contributed by atoms with E-state index in [1.165, 1.54) is 4.90 Å². The average molecular weight is 529 g/mol. The molecule has 0 unspecified atom stereocenters. The Bertz CT molecular complexity index is 1770. The number of fused-ring (bicyclic) bond motifs is 2. The van der Waals surface area contributed by atoms with E-state index in [-0.39, 0.29) is 25.0 Å². The molecule has 0 atom stereocenters. The van der Waals surface area contributed by atoms with Crippen LogP contribution in [0.5, 0.6) is 5.75 Å². The molecule has 3 aromatic carbocycles. The van der Waals surface area contributed by atoms with Gasteiger partial charge in [-0.05, 0) is 42.8 Å². The fourth-order valence-electron chi connectivity index (χ4n) is 4.90. The van der Waals surface area contributed by atoms with E-state index >= 15 is 0 Å². The Morgan fingerprint density at radius 1 is 0.950 bits per heavy atom. The molecule has 9 nitrogen and oxygen atoms in total. The molecule has 0 radical (unpaired) electrons. The van der Waals surface area contributed by atoms with E-state index in [9.17, 15) is 14.9 Å². The van der Waals surface area contributed by atoms with Gasteiger partial charge in [0.2, 0.25) is 5.95 Å². The molecule has 2 aromatic heterocycles. The Kier molecular flexibility index (Phi) is 6.42. The van der Waals surface area contributed by atoms with Crippen LogP contribution < -0.4 is 10.1 Å². The third-order valence-electron chi connectivity index (χ3n) is 6.85. The van der Waals surface area contributed by atoms with Crippen LogP contribution in [-0.2, 0) is 6.54 Å². The van der Waals surface area contributed by atoms with Crippen molar-refractivity contribution < 1.29 is 14.3 Å². The lowest BCUT2D eigenvalue weighted by Crippen LogP contribution is -2.33. The molecule has 0 fully saturated rings. The van der Waals surface area contributed by atoms with Gasteiger partial charge < -0.3 is 10.1 Å². The summed E-state index contributed by atoms with van der Waals surface area (Å²) in [7, 11) is 0. The van der Waals surface area contributed by atoms with Crippen molar-refractivity contribution in [3.63, 3.8) is 0 Å². The predicted octanol–water partition coefficient (Wildman–Crippen LogP) is 4.89. The number of nitrogens with one attached hydrogen (secondary N) is 1. The first-order chi connectivity index (χ1) is 19.5. The number of rotatable bonds is 8. The Morgan fingerprint density at radius 2 is 1.68 bits per heavy atom. The van der Waals surface area contributed by atoms with Crippen LogP contribution in [0.3, 0.4) is 0 Å². The zero-order valence-electron chi connectivity index (χ0n) is 21.7. The highest BCUT2D eigenvalue weighted by Crippen LogP contribution is 2.29. The zero-order valence-corrected chi connectivity index (χ0v) is 21.7. The SMILES string of the molecule is Cc1cc2c(C#N)cccc2n1-c1ncc(OCCN2C(=O)c3ccccc3C2=O)c(NCc2ccccc2)n1. The number of benzene rings is 3. The summed E-state index contributed by atoms with van der Waals surface area (Å²) < 4.78 is 7.92. The normalized spacial score (nSPS) is 12.4. The third-order valence-corrected chi connectivity index (χ3v) is 6.85. The number of hydrogen-bond donors (Lipinski definition) is 1. The topological polar surface area (TPSA) is 113 Å². The van der Waals surface area contributed by atoms with Gasteiger partial charge in [0.05, 0.1) is 41.0 Å². The number of carbonyl (C=O) groups is 2. The standard InChI is InChI=1S/C31H24N6O3/c1-20-16-25-22(17-32)10-7-13-26(25)37(20)31-34-19-27(28(35-31)33-18-21-8-3-2-4-9-21)40-15-14-36-29(38)23-11-5-6-12-24(23)30(36)39/h2-13,16,19H,14-15,18H2,1H3,(H,33,34,35). The van der Waals surface area contributed by atoms with E-state index in [0.29, 0.717) is 40.8 Å². The molecule has 0 saturated heterocycles. The smallest absolute Gasteiger partial charge is 0.261 e. The molecule has 3 heterocycles. The lowest BCUT2D eigenvalue weighted by Gasteiger charge is -2.17. The van der Waals surface area contributed by atoms with Crippen molar-refractivity contribution in [1.82, 2.24) is 19.4 Å². The van der Waals surface area contributed by atoms with Crippen molar-refractivity contribution in [2.75, 3.05) is 18.5 Å². The first kappa shape index (κ1) is 24.8. The van der Waals surface area contributed by atoms with Crippen LogP contribution in [0.1, 0.15) is 37.5 Å². The maximum absolute atomic E-state index is 12.7. The van der Waals surface area contributed by atoms with Gasteiger partial charge in [-0.15, -0.1) is 0 Å². The van der Waals surface area contributed by atoms with Gasteiger partial charge in [-0.25, -0.2) is 4.98 Å². The molecule has 5 aromatic rings. The summed E-state index contributed by atoms with van der Waals surface area (Å²) in [6, 6.07) is 26.4. The van der Waals surface area contributed by atoms with E-state index in [1.54, 1.807) is 36.5 Å². The van der Waals surface area contributed by atoms with Crippen molar-refractivity contribution in [3.05, 3.63) is 113 Å². The van der Waals surface area contributed by atoms with Crippen LogP contribution in [0.4, 0.5) is 5.82 Å². The van der Waals surface area contributed by atoms with Gasteiger partial charge in [0.1, 0.15) is 6.61 Å². The minimum absolute atomic E-state index is 0.0746. The predicted molar refractivity (Wildman–Crippen MR) is 149 cm³/mol. The molecule has 196 valence electrons. The number of nitrogens with zero attached hydrogens (tertiary/aromatic N) is 5. The summed E-state index contributed by atoms with van der Waals surface area (Å²) >= 11 is 0. The third kappa shape index (κ3) is 4.41. The summed E-state index contributed by atoms with van der Waals surface area (Å²) in [4.78, 5) is 36.0. The number of aromatic nitrogens is 3. The van der Waals surface area contributed by atoms with E-state index in [0.717, 1.165) is 22.2 Å². The summed E-state index contributed by atoms with van der Waals surface area (Å²) in [5.74, 6) is 0.623. The zero-order chi connectivity index (χ0) is 27.6. The lowest BCUT2D eigenvalue weighted by molar-refractivity contribution is 0.0631. The monoisotopic (exact) mass is 528 g/mol. The first-order valence-electron chi connectivity index (χ1n) is 12.8. The first-order valence-corrected chi connectivity index (χ1v) is 12.8. The second-order valence-electron chi connectivity index (χ2n) is 9.35. The number of amides is 2. The summed E-state index contributed by atoms with van der Waals surface area (Å²) in [6.45, 7) is 2.60. The fourth-order valence-corrected chi connectivity index (χ4v) is 4.90. The maximum atomic E-state index is 12.7. The van der Waals surface area contributed by atoms with Crippen molar-refractivity contribution in [1.29, 1.82) is 5.26 Å².